The lowest BCUT2D eigenvalue weighted by molar-refractivity contribution is 0.0948. The first-order valence-electron chi connectivity index (χ1n) is 5.21. The minimum Gasteiger partial charge on any atom is -0.398 e. The van der Waals surface area contributed by atoms with Gasteiger partial charge in [-0.2, -0.15) is 0 Å². The number of hydrogen-bond donors (Lipinski definition) is 2. The lowest BCUT2D eigenvalue weighted by atomic mass is 10.1. The maximum atomic E-state index is 11.9. The smallest absolute Gasteiger partial charge is 0.253 e. The van der Waals surface area contributed by atoms with Gasteiger partial charge in [-0.15, -0.1) is 0 Å². The summed E-state index contributed by atoms with van der Waals surface area (Å²) in [6.07, 6.45) is 1.53. The van der Waals surface area contributed by atoms with Crippen LogP contribution in [0.1, 0.15) is 21.7 Å². The Morgan fingerprint density at radius 1 is 1.47 bits per heavy atom. The first kappa shape index (κ1) is 11.2. The first-order valence-corrected chi connectivity index (χ1v) is 5.21. The van der Waals surface area contributed by atoms with E-state index in [9.17, 15) is 4.79 Å². The van der Waals surface area contributed by atoms with E-state index in [1.54, 1.807) is 18.2 Å². The van der Waals surface area contributed by atoms with Crippen LogP contribution in [0.15, 0.2) is 35.0 Å². The number of nitrogens with two attached hydrogens (primary N) is 1. The molecule has 1 aromatic heterocycles. The van der Waals surface area contributed by atoms with E-state index in [4.69, 9.17) is 10.3 Å². The molecule has 0 unspecified atom stereocenters. The fraction of sp³-hybridized carbons (Fsp3) is 0.167. The summed E-state index contributed by atoms with van der Waals surface area (Å²) in [6.45, 7) is 2.16. The molecule has 1 amide bonds. The van der Waals surface area contributed by atoms with Gasteiger partial charge in [-0.05, 0) is 18.6 Å². The van der Waals surface area contributed by atoms with Crippen molar-refractivity contribution in [3.63, 3.8) is 0 Å². The van der Waals surface area contributed by atoms with E-state index in [0.29, 0.717) is 23.6 Å². The highest BCUT2D eigenvalue weighted by Crippen LogP contribution is 2.16. The van der Waals surface area contributed by atoms with Crippen LogP contribution in [0.5, 0.6) is 0 Å². The van der Waals surface area contributed by atoms with E-state index in [0.717, 1.165) is 5.56 Å². The van der Waals surface area contributed by atoms with Crippen LogP contribution in [0, 0.1) is 6.92 Å². The molecule has 2 rings (SSSR count). The summed E-state index contributed by atoms with van der Waals surface area (Å²) in [5, 5.41) is 6.27. The molecule has 1 heterocycles. The summed E-state index contributed by atoms with van der Waals surface area (Å²) in [4.78, 5) is 11.9. The fourth-order valence-electron chi connectivity index (χ4n) is 1.47. The molecule has 17 heavy (non-hydrogen) atoms. The van der Waals surface area contributed by atoms with Gasteiger partial charge in [-0.3, -0.25) is 4.79 Å². The van der Waals surface area contributed by atoms with Crippen LogP contribution < -0.4 is 11.1 Å². The standard InChI is InChI=1S/C12H13N3O2/c1-8-3-2-4-10(11(8)13)12(16)14-7-9-5-6-15-17-9/h2-6H,7,13H2,1H3,(H,14,16). The molecule has 0 spiro atoms. The second-order valence-corrected chi connectivity index (χ2v) is 3.70. The molecule has 0 bridgehead atoms. The molecule has 0 radical (unpaired) electrons. The Bertz CT molecular complexity index is 521. The van der Waals surface area contributed by atoms with Crippen LogP contribution in [0.4, 0.5) is 5.69 Å². The van der Waals surface area contributed by atoms with Crippen LogP contribution in [0.25, 0.3) is 0 Å². The van der Waals surface area contributed by atoms with Gasteiger partial charge in [0.25, 0.3) is 5.91 Å². The van der Waals surface area contributed by atoms with Crippen molar-refractivity contribution in [2.75, 3.05) is 5.73 Å². The zero-order chi connectivity index (χ0) is 12.3. The maximum absolute atomic E-state index is 11.9. The van der Waals surface area contributed by atoms with Crippen molar-refractivity contribution in [1.29, 1.82) is 0 Å². The Hall–Kier alpha value is -2.30. The molecule has 5 heteroatoms. The molecule has 2 aromatic rings. The minimum absolute atomic E-state index is 0.220. The predicted octanol–water partition coefficient (Wildman–Crippen LogP) is 1.50. The van der Waals surface area contributed by atoms with Crippen LogP contribution in [-0.2, 0) is 6.54 Å². The summed E-state index contributed by atoms with van der Waals surface area (Å²) in [5.41, 5.74) is 7.70. The van der Waals surface area contributed by atoms with Crippen molar-refractivity contribution < 1.29 is 9.32 Å². The van der Waals surface area contributed by atoms with Gasteiger partial charge in [0, 0.05) is 11.8 Å². The van der Waals surface area contributed by atoms with Gasteiger partial charge in [-0.25, -0.2) is 0 Å². The molecule has 88 valence electrons. The number of nitrogens with zero attached hydrogens (tertiary/aromatic N) is 1. The molecule has 0 aliphatic carbocycles. The lowest BCUT2D eigenvalue weighted by Gasteiger charge is -2.07. The minimum atomic E-state index is -0.220. The second-order valence-electron chi connectivity index (χ2n) is 3.70. The number of carbonyl (C=O) groups is 1. The van der Waals surface area contributed by atoms with Crippen LogP contribution in [-0.4, -0.2) is 11.1 Å². The predicted molar refractivity (Wildman–Crippen MR) is 63.3 cm³/mol. The van der Waals surface area contributed by atoms with Crippen molar-refractivity contribution in [1.82, 2.24) is 10.5 Å². The van der Waals surface area contributed by atoms with Crippen molar-refractivity contribution >= 4 is 11.6 Å². The van der Waals surface area contributed by atoms with Crippen molar-refractivity contribution in [3.8, 4) is 0 Å². The van der Waals surface area contributed by atoms with E-state index in [1.807, 2.05) is 13.0 Å². The van der Waals surface area contributed by atoms with Gasteiger partial charge in [-0.1, -0.05) is 17.3 Å². The topological polar surface area (TPSA) is 81.2 Å². The first-order chi connectivity index (χ1) is 8.18. The van der Waals surface area contributed by atoms with E-state index in [-0.39, 0.29) is 5.91 Å². The number of hydrogen-bond acceptors (Lipinski definition) is 4. The Balaban J connectivity index is 2.07. The number of nitrogen functional groups attached to an aromatic ring is 1. The highest BCUT2D eigenvalue weighted by atomic mass is 16.5. The van der Waals surface area contributed by atoms with E-state index in [1.165, 1.54) is 6.20 Å². The van der Waals surface area contributed by atoms with Gasteiger partial charge >= 0.3 is 0 Å². The summed E-state index contributed by atoms with van der Waals surface area (Å²) >= 11 is 0. The highest BCUT2D eigenvalue weighted by Gasteiger charge is 2.10. The molecule has 0 saturated carbocycles. The Morgan fingerprint density at radius 2 is 2.29 bits per heavy atom. The van der Waals surface area contributed by atoms with E-state index in [2.05, 4.69) is 10.5 Å². The van der Waals surface area contributed by atoms with Gasteiger partial charge in [0.1, 0.15) is 0 Å². The molecule has 0 atom stereocenters. The monoisotopic (exact) mass is 231 g/mol. The van der Waals surface area contributed by atoms with Gasteiger partial charge in [0.05, 0.1) is 18.3 Å². The lowest BCUT2D eigenvalue weighted by Crippen LogP contribution is -2.23. The van der Waals surface area contributed by atoms with E-state index < -0.39 is 0 Å². The largest absolute Gasteiger partial charge is 0.398 e. The Kier molecular flexibility index (Phi) is 3.09. The number of amides is 1. The van der Waals surface area contributed by atoms with Crippen LogP contribution in [0.3, 0.4) is 0 Å². The summed E-state index contributed by atoms with van der Waals surface area (Å²) in [5.74, 6) is 0.382. The molecule has 5 nitrogen and oxygen atoms in total. The van der Waals surface area contributed by atoms with Crippen molar-refractivity contribution in [2.45, 2.75) is 13.5 Å². The second kappa shape index (κ2) is 4.69. The third kappa shape index (κ3) is 2.44. The number of para-hydroxylation sites is 1. The molecule has 0 aliphatic heterocycles. The average molecular weight is 231 g/mol. The van der Waals surface area contributed by atoms with Gasteiger partial charge < -0.3 is 15.6 Å². The zero-order valence-corrected chi connectivity index (χ0v) is 9.43. The maximum Gasteiger partial charge on any atom is 0.253 e. The molecule has 1 aromatic carbocycles. The molecule has 0 saturated heterocycles. The fourth-order valence-corrected chi connectivity index (χ4v) is 1.47. The summed E-state index contributed by atoms with van der Waals surface area (Å²) in [7, 11) is 0. The van der Waals surface area contributed by atoms with Crippen molar-refractivity contribution in [2.24, 2.45) is 0 Å². The van der Waals surface area contributed by atoms with Gasteiger partial charge in [0.2, 0.25) is 0 Å². The molecular formula is C12H13N3O2. The molecule has 0 aliphatic rings. The number of aromatic nitrogens is 1. The number of benzene rings is 1. The summed E-state index contributed by atoms with van der Waals surface area (Å²) < 4.78 is 4.88. The quantitative estimate of drug-likeness (QED) is 0.784. The molecule has 3 N–H and O–H groups in total. The normalized spacial score (nSPS) is 10.2. The number of rotatable bonds is 3. The number of anilines is 1. The zero-order valence-electron chi connectivity index (χ0n) is 9.43. The van der Waals surface area contributed by atoms with Crippen LogP contribution >= 0.6 is 0 Å². The van der Waals surface area contributed by atoms with Crippen LogP contribution in [0.2, 0.25) is 0 Å². The number of nitrogens with one attached hydrogen (secondary N) is 1. The number of aryl methyl sites for hydroxylation is 1. The molecule has 0 fully saturated rings. The van der Waals surface area contributed by atoms with Gasteiger partial charge in [0.15, 0.2) is 5.76 Å². The molecular weight excluding hydrogens is 218 g/mol. The SMILES string of the molecule is Cc1cccc(C(=O)NCc2ccno2)c1N. The highest BCUT2D eigenvalue weighted by molar-refractivity contribution is 5.99. The third-order valence-electron chi connectivity index (χ3n) is 2.48. The summed E-state index contributed by atoms with van der Waals surface area (Å²) in [6, 6.07) is 7.05. The van der Waals surface area contributed by atoms with Crippen molar-refractivity contribution in [3.05, 3.63) is 47.3 Å². The Labute approximate surface area is 98.6 Å². The number of carbonyl (C=O) groups excluding carboxylic acids is 1. The average Bonchev–Trinajstić information content (AvgIpc) is 2.82. The van der Waals surface area contributed by atoms with E-state index >= 15 is 0 Å². The Morgan fingerprint density at radius 3 is 3.00 bits per heavy atom. The third-order valence-corrected chi connectivity index (χ3v) is 2.48.